The summed E-state index contributed by atoms with van der Waals surface area (Å²) in [5.74, 6) is -0.547. The van der Waals surface area contributed by atoms with E-state index in [9.17, 15) is 14.4 Å². The summed E-state index contributed by atoms with van der Waals surface area (Å²) in [5, 5.41) is 6.32. The SMILES string of the molecule is CCC(C)(C)NC(=O)CN1C(=O)N[C@@](C)(c2cc3ccccc3o2)C1=O. The van der Waals surface area contributed by atoms with Gasteiger partial charge in [0.05, 0.1) is 0 Å². The van der Waals surface area contributed by atoms with E-state index in [1.165, 1.54) is 0 Å². The smallest absolute Gasteiger partial charge is 0.325 e. The number of rotatable bonds is 5. The average Bonchev–Trinajstić information content (AvgIpc) is 3.10. The summed E-state index contributed by atoms with van der Waals surface area (Å²) in [6.45, 7) is 6.97. The van der Waals surface area contributed by atoms with Crippen LogP contribution in [0, 0.1) is 0 Å². The van der Waals surface area contributed by atoms with Gasteiger partial charge in [-0.2, -0.15) is 0 Å². The lowest BCUT2D eigenvalue weighted by molar-refractivity contribution is -0.135. The fourth-order valence-electron chi connectivity index (χ4n) is 2.88. The third-order valence-corrected chi connectivity index (χ3v) is 4.86. The number of amides is 4. The van der Waals surface area contributed by atoms with Crippen molar-refractivity contribution >= 4 is 28.8 Å². The Kier molecular flexibility index (Phi) is 4.26. The van der Waals surface area contributed by atoms with E-state index in [4.69, 9.17) is 4.42 Å². The van der Waals surface area contributed by atoms with Gasteiger partial charge in [0.1, 0.15) is 17.9 Å². The van der Waals surface area contributed by atoms with Crippen LogP contribution in [0.3, 0.4) is 0 Å². The fourth-order valence-corrected chi connectivity index (χ4v) is 2.88. The molecule has 1 aromatic heterocycles. The van der Waals surface area contributed by atoms with Crippen molar-refractivity contribution in [2.24, 2.45) is 0 Å². The predicted molar refractivity (Wildman–Crippen MR) is 96.3 cm³/mol. The fraction of sp³-hybridized carbons (Fsp3) is 0.421. The number of para-hydroxylation sites is 1. The summed E-state index contributed by atoms with van der Waals surface area (Å²) < 4.78 is 5.76. The van der Waals surface area contributed by atoms with E-state index in [-0.39, 0.29) is 12.5 Å². The molecule has 0 radical (unpaired) electrons. The van der Waals surface area contributed by atoms with Gasteiger partial charge >= 0.3 is 6.03 Å². The first-order valence-electron chi connectivity index (χ1n) is 8.60. The molecule has 7 heteroatoms. The number of benzene rings is 1. The van der Waals surface area contributed by atoms with Crippen LogP contribution in [0.2, 0.25) is 0 Å². The molecular weight excluding hydrogens is 334 g/mol. The van der Waals surface area contributed by atoms with Gasteiger partial charge in [-0.3, -0.25) is 14.5 Å². The Bertz CT molecular complexity index is 853. The van der Waals surface area contributed by atoms with Crippen molar-refractivity contribution in [1.29, 1.82) is 0 Å². The number of carbonyl (C=O) groups excluding carboxylic acids is 3. The van der Waals surface area contributed by atoms with Crippen LogP contribution in [0.4, 0.5) is 4.79 Å². The number of imide groups is 1. The molecule has 0 spiro atoms. The first-order chi connectivity index (χ1) is 12.2. The third-order valence-electron chi connectivity index (χ3n) is 4.86. The number of furan rings is 1. The van der Waals surface area contributed by atoms with Crippen LogP contribution >= 0.6 is 0 Å². The maximum absolute atomic E-state index is 12.9. The lowest BCUT2D eigenvalue weighted by atomic mass is 9.98. The molecule has 1 aromatic carbocycles. The van der Waals surface area contributed by atoms with Crippen molar-refractivity contribution in [1.82, 2.24) is 15.5 Å². The molecule has 0 aliphatic carbocycles. The molecule has 1 aliphatic rings. The highest BCUT2D eigenvalue weighted by Crippen LogP contribution is 2.32. The zero-order chi connectivity index (χ0) is 19.1. The van der Waals surface area contributed by atoms with Gasteiger partial charge in [0.25, 0.3) is 5.91 Å². The van der Waals surface area contributed by atoms with Crippen molar-refractivity contribution in [3.8, 4) is 0 Å². The molecule has 26 heavy (non-hydrogen) atoms. The van der Waals surface area contributed by atoms with E-state index >= 15 is 0 Å². The lowest BCUT2D eigenvalue weighted by Gasteiger charge is -2.25. The quantitative estimate of drug-likeness (QED) is 0.804. The molecule has 2 heterocycles. The Morgan fingerprint density at radius 2 is 2.00 bits per heavy atom. The lowest BCUT2D eigenvalue weighted by Crippen LogP contribution is -2.49. The Morgan fingerprint density at radius 1 is 1.31 bits per heavy atom. The minimum atomic E-state index is -1.34. The van der Waals surface area contributed by atoms with Crippen molar-refractivity contribution in [3.05, 3.63) is 36.1 Å². The molecule has 2 aromatic rings. The second kappa shape index (κ2) is 6.16. The highest BCUT2D eigenvalue weighted by Gasteiger charge is 2.51. The first kappa shape index (κ1) is 18.0. The standard InChI is InChI=1S/C19H23N3O4/c1-5-18(2,3)20-15(23)11-22-16(24)19(4,21-17(22)25)14-10-12-8-6-7-9-13(12)26-14/h6-10H,5,11H2,1-4H3,(H,20,23)(H,21,25)/t19-/m0/s1. The molecule has 1 fully saturated rings. The largest absolute Gasteiger partial charge is 0.458 e. The Balaban J connectivity index is 1.82. The van der Waals surface area contributed by atoms with E-state index in [1.807, 2.05) is 39.0 Å². The van der Waals surface area contributed by atoms with Crippen molar-refractivity contribution in [2.45, 2.75) is 45.2 Å². The third kappa shape index (κ3) is 3.05. The van der Waals surface area contributed by atoms with Gasteiger partial charge in [0.2, 0.25) is 5.91 Å². The topological polar surface area (TPSA) is 91.7 Å². The van der Waals surface area contributed by atoms with Crippen LogP contribution in [-0.2, 0) is 15.1 Å². The molecule has 1 atom stereocenters. The second-order valence-corrected chi connectivity index (χ2v) is 7.38. The summed E-state index contributed by atoms with van der Waals surface area (Å²) in [7, 11) is 0. The maximum Gasteiger partial charge on any atom is 0.325 e. The molecule has 1 aliphatic heterocycles. The number of fused-ring (bicyclic) bond motifs is 1. The van der Waals surface area contributed by atoms with Gasteiger partial charge < -0.3 is 15.1 Å². The van der Waals surface area contributed by atoms with Crippen molar-refractivity contribution in [2.75, 3.05) is 6.54 Å². The number of hydrogen-bond acceptors (Lipinski definition) is 4. The summed E-state index contributed by atoms with van der Waals surface area (Å²) in [6, 6.07) is 8.48. The van der Waals surface area contributed by atoms with Gasteiger partial charge in [-0.15, -0.1) is 0 Å². The monoisotopic (exact) mass is 357 g/mol. The van der Waals surface area contributed by atoms with Crippen LogP contribution in [0.5, 0.6) is 0 Å². The van der Waals surface area contributed by atoms with Gasteiger partial charge in [0, 0.05) is 10.9 Å². The molecular formula is C19H23N3O4. The zero-order valence-corrected chi connectivity index (χ0v) is 15.4. The van der Waals surface area contributed by atoms with Gasteiger partial charge in [0.15, 0.2) is 5.54 Å². The number of hydrogen-bond donors (Lipinski definition) is 2. The molecule has 138 valence electrons. The van der Waals surface area contributed by atoms with Crippen LogP contribution in [0.1, 0.15) is 39.9 Å². The number of carbonyl (C=O) groups is 3. The van der Waals surface area contributed by atoms with Crippen molar-refractivity contribution in [3.63, 3.8) is 0 Å². The van der Waals surface area contributed by atoms with E-state index in [1.54, 1.807) is 19.1 Å². The molecule has 1 saturated heterocycles. The minimum Gasteiger partial charge on any atom is -0.458 e. The summed E-state index contributed by atoms with van der Waals surface area (Å²) in [5.41, 5.74) is -1.11. The number of nitrogens with one attached hydrogen (secondary N) is 2. The van der Waals surface area contributed by atoms with E-state index < -0.39 is 23.0 Å². The van der Waals surface area contributed by atoms with Crippen LogP contribution in [0.15, 0.2) is 34.7 Å². The Morgan fingerprint density at radius 3 is 2.65 bits per heavy atom. The minimum absolute atomic E-state index is 0.329. The maximum atomic E-state index is 12.9. The van der Waals surface area contributed by atoms with E-state index in [0.717, 1.165) is 16.7 Å². The number of nitrogens with zero attached hydrogens (tertiary/aromatic N) is 1. The van der Waals surface area contributed by atoms with Crippen molar-refractivity contribution < 1.29 is 18.8 Å². The normalized spacial score (nSPS) is 20.5. The highest BCUT2D eigenvalue weighted by molar-refractivity contribution is 6.09. The Labute approximate surface area is 151 Å². The molecule has 0 unspecified atom stereocenters. The molecule has 7 nitrogen and oxygen atoms in total. The average molecular weight is 357 g/mol. The highest BCUT2D eigenvalue weighted by atomic mass is 16.3. The van der Waals surface area contributed by atoms with Gasteiger partial charge in [-0.1, -0.05) is 25.1 Å². The summed E-state index contributed by atoms with van der Waals surface area (Å²) >= 11 is 0. The van der Waals surface area contributed by atoms with Crippen LogP contribution in [-0.4, -0.2) is 34.8 Å². The first-order valence-corrected chi connectivity index (χ1v) is 8.60. The molecule has 0 saturated carbocycles. The molecule has 3 rings (SSSR count). The van der Waals surface area contributed by atoms with E-state index in [0.29, 0.717) is 11.3 Å². The van der Waals surface area contributed by atoms with E-state index in [2.05, 4.69) is 10.6 Å². The molecule has 4 amide bonds. The number of urea groups is 1. The zero-order valence-electron chi connectivity index (χ0n) is 15.4. The molecule has 0 bridgehead atoms. The van der Waals surface area contributed by atoms with Crippen LogP contribution < -0.4 is 10.6 Å². The summed E-state index contributed by atoms with van der Waals surface area (Å²) in [4.78, 5) is 38.4. The second-order valence-electron chi connectivity index (χ2n) is 7.38. The summed E-state index contributed by atoms with van der Waals surface area (Å²) in [6.07, 6.45) is 0.732. The molecule has 2 N–H and O–H groups in total. The van der Waals surface area contributed by atoms with Crippen LogP contribution in [0.25, 0.3) is 11.0 Å². The Hall–Kier alpha value is -2.83. The van der Waals surface area contributed by atoms with Gasteiger partial charge in [-0.25, -0.2) is 4.79 Å². The predicted octanol–water partition coefficient (Wildman–Crippen LogP) is 2.50. The van der Waals surface area contributed by atoms with Gasteiger partial charge in [-0.05, 0) is 39.3 Å².